The summed E-state index contributed by atoms with van der Waals surface area (Å²) in [5.41, 5.74) is 2.32. The minimum Gasteiger partial charge on any atom is -0.355 e. The molecule has 1 N–H and O–H groups in total. The Labute approximate surface area is 165 Å². The molecule has 2 heterocycles. The van der Waals surface area contributed by atoms with Crippen LogP contribution in [0.5, 0.6) is 0 Å². The van der Waals surface area contributed by atoms with Gasteiger partial charge >= 0.3 is 0 Å². The molecule has 0 saturated carbocycles. The third kappa shape index (κ3) is 4.61. The number of benzene rings is 2. The summed E-state index contributed by atoms with van der Waals surface area (Å²) >= 11 is 1.96. The highest BCUT2D eigenvalue weighted by Crippen LogP contribution is 2.25. The van der Waals surface area contributed by atoms with Crippen LogP contribution in [-0.2, 0) is 0 Å². The molecule has 0 aliphatic carbocycles. The number of rotatable bonds is 3. The molecule has 0 bridgehead atoms. The SMILES string of the molecule is CC.O=C(Nc1ccccc1)c1cc(N2CCSCC2)nc2ccccc12. The molecular formula is C22H25N3OS. The van der Waals surface area contributed by atoms with E-state index in [1.54, 1.807) is 0 Å². The van der Waals surface area contributed by atoms with E-state index in [4.69, 9.17) is 4.98 Å². The van der Waals surface area contributed by atoms with Gasteiger partial charge in [0.1, 0.15) is 5.82 Å². The number of carbonyl (C=O) groups excluding carboxylic acids is 1. The van der Waals surface area contributed by atoms with Crippen LogP contribution < -0.4 is 10.2 Å². The summed E-state index contributed by atoms with van der Waals surface area (Å²) < 4.78 is 0. The molecule has 0 unspecified atom stereocenters. The Balaban J connectivity index is 0.00000102. The average Bonchev–Trinajstić information content (AvgIpc) is 2.75. The molecule has 5 heteroatoms. The third-order valence-corrected chi connectivity index (χ3v) is 5.26. The Kier molecular flexibility index (Phi) is 6.71. The van der Waals surface area contributed by atoms with Crippen LogP contribution in [0.3, 0.4) is 0 Å². The number of nitrogens with one attached hydrogen (secondary N) is 1. The molecule has 4 nitrogen and oxygen atoms in total. The van der Waals surface area contributed by atoms with Gasteiger partial charge < -0.3 is 10.2 Å². The van der Waals surface area contributed by atoms with Crippen molar-refractivity contribution in [2.75, 3.05) is 34.8 Å². The first-order valence-corrected chi connectivity index (χ1v) is 10.6. The zero-order valence-electron chi connectivity index (χ0n) is 15.8. The zero-order valence-corrected chi connectivity index (χ0v) is 16.6. The van der Waals surface area contributed by atoms with Crippen molar-refractivity contribution in [3.05, 3.63) is 66.2 Å². The van der Waals surface area contributed by atoms with Crippen molar-refractivity contribution in [1.29, 1.82) is 0 Å². The van der Waals surface area contributed by atoms with E-state index in [1.165, 1.54) is 0 Å². The number of hydrogen-bond donors (Lipinski definition) is 1. The van der Waals surface area contributed by atoms with Gasteiger partial charge in [-0.15, -0.1) is 0 Å². The lowest BCUT2D eigenvalue weighted by molar-refractivity contribution is 0.102. The number of para-hydroxylation sites is 2. The topological polar surface area (TPSA) is 45.2 Å². The summed E-state index contributed by atoms with van der Waals surface area (Å²) in [4.78, 5) is 20.0. The Morgan fingerprint density at radius 2 is 1.67 bits per heavy atom. The van der Waals surface area contributed by atoms with E-state index >= 15 is 0 Å². The molecule has 27 heavy (non-hydrogen) atoms. The number of hydrogen-bond acceptors (Lipinski definition) is 4. The van der Waals surface area contributed by atoms with Crippen molar-refractivity contribution < 1.29 is 4.79 Å². The van der Waals surface area contributed by atoms with Gasteiger partial charge in [-0.2, -0.15) is 11.8 Å². The Hall–Kier alpha value is -2.53. The molecule has 2 aromatic carbocycles. The van der Waals surface area contributed by atoms with Crippen LogP contribution in [0.25, 0.3) is 10.9 Å². The first kappa shape index (κ1) is 19.2. The molecule has 0 spiro atoms. The van der Waals surface area contributed by atoms with Gasteiger partial charge in [-0.05, 0) is 24.3 Å². The van der Waals surface area contributed by atoms with Gasteiger partial charge in [0.15, 0.2) is 0 Å². The molecule has 1 fully saturated rings. The molecule has 0 radical (unpaired) electrons. The number of fused-ring (bicyclic) bond motifs is 1. The second-order valence-corrected chi connectivity index (χ2v) is 7.19. The Morgan fingerprint density at radius 3 is 2.41 bits per heavy atom. The summed E-state index contributed by atoms with van der Waals surface area (Å²) in [6, 6.07) is 19.3. The zero-order chi connectivity index (χ0) is 19.1. The van der Waals surface area contributed by atoms with E-state index in [0.717, 1.165) is 47.0 Å². The maximum Gasteiger partial charge on any atom is 0.256 e. The lowest BCUT2D eigenvalue weighted by Gasteiger charge is -2.28. The Bertz CT molecular complexity index is 892. The minimum absolute atomic E-state index is 0.0996. The van der Waals surface area contributed by atoms with Gasteiger partial charge in [-0.25, -0.2) is 4.98 Å². The van der Waals surface area contributed by atoms with Gasteiger partial charge in [-0.1, -0.05) is 50.2 Å². The molecule has 1 saturated heterocycles. The van der Waals surface area contributed by atoms with E-state index in [1.807, 2.05) is 86.3 Å². The van der Waals surface area contributed by atoms with Crippen molar-refractivity contribution in [2.45, 2.75) is 13.8 Å². The minimum atomic E-state index is -0.0996. The normalized spacial score (nSPS) is 13.6. The highest BCUT2D eigenvalue weighted by Gasteiger charge is 2.18. The van der Waals surface area contributed by atoms with E-state index < -0.39 is 0 Å². The predicted molar refractivity (Wildman–Crippen MR) is 117 cm³/mol. The van der Waals surface area contributed by atoms with Crippen LogP contribution in [0.1, 0.15) is 24.2 Å². The van der Waals surface area contributed by atoms with E-state index in [9.17, 15) is 4.79 Å². The molecule has 1 aliphatic heterocycles. The predicted octanol–water partition coefficient (Wildman–Crippen LogP) is 5.07. The molecule has 140 valence electrons. The smallest absolute Gasteiger partial charge is 0.256 e. The monoisotopic (exact) mass is 379 g/mol. The fraction of sp³-hybridized carbons (Fsp3) is 0.273. The highest BCUT2D eigenvalue weighted by molar-refractivity contribution is 7.99. The number of pyridine rings is 1. The van der Waals surface area contributed by atoms with Gasteiger partial charge in [0.2, 0.25) is 0 Å². The molecule has 1 aliphatic rings. The molecule has 1 aromatic heterocycles. The largest absolute Gasteiger partial charge is 0.355 e. The van der Waals surface area contributed by atoms with Crippen molar-refractivity contribution in [3.8, 4) is 0 Å². The molecule has 3 aromatic rings. The number of carbonyl (C=O) groups is 1. The van der Waals surface area contributed by atoms with Crippen LogP contribution in [0, 0.1) is 0 Å². The summed E-state index contributed by atoms with van der Waals surface area (Å²) in [6.07, 6.45) is 0. The van der Waals surface area contributed by atoms with Gasteiger partial charge in [0, 0.05) is 35.7 Å². The highest BCUT2D eigenvalue weighted by atomic mass is 32.2. The first-order valence-electron chi connectivity index (χ1n) is 9.40. The van der Waals surface area contributed by atoms with Crippen molar-refractivity contribution >= 4 is 40.1 Å². The van der Waals surface area contributed by atoms with E-state index in [0.29, 0.717) is 5.56 Å². The molecule has 1 amide bonds. The summed E-state index contributed by atoms with van der Waals surface area (Å²) in [6.45, 7) is 5.94. The van der Waals surface area contributed by atoms with Crippen LogP contribution in [-0.4, -0.2) is 35.5 Å². The van der Waals surface area contributed by atoms with Crippen LogP contribution in [0.15, 0.2) is 60.7 Å². The Morgan fingerprint density at radius 1 is 1.00 bits per heavy atom. The lowest BCUT2D eigenvalue weighted by Crippen LogP contribution is -2.33. The maximum atomic E-state index is 12.9. The number of thioether (sulfide) groups is 1. The number of amides is 1. The molecule has 4 rings (SSSR count). The van der Waals surface area contributed by atoms with E-state index in [2.05, 4.69) is 10.2 Å². The lowest BCUT2D eigenvalue weighted by atomic mass is 10.1. The van der Waals surface area contributed by atoms with Crippen molar-refractivity contribution in [3.63, 3.8) is 0 Å². The van der Waals surface area contributed by atoms with Crippen molar-refractivity contribution in [1.82, 2.24) is 4.98 Å². The first-order chi connectivity index (χ1) is 13.3. The third-order valence-electron chi connectivity index (χ3n) is 4.31. The van der Waals surface area contributed by atoms with Crippen LogP contribution in [0.2, 0.25) is 0 Å². The summed E-state index contributed by atoms with van der Waals surface area (Å²) in [5.74, 6) is 2.98. The van der Waals surface area contributed by atoms with Crippen LogP contribution in [0.4, 0.5) is 11.5 Å². The fourth-order valence-corrected chi connectivity index (χ4v) is 3.93. The van der Waals surface area contributed by atoms with Gasteiger partial charge in [0.25, 0.3) is 5.91 Å². The van der Waals surface area contributed by atoms with Crippen molar-refractivity contribution in [2.24, 2.45) is 0 Å². The molecule has 0 atom stereocenters. The number of nitrogens with zero attached hydrogens (tertiary/aromatic N) is 2. The summed E-state index contributed by atoms with van der Waals surface area (Å²) in [7, 11) is 0. The van der Waals surface area contributed by atoms with E-state index in [-0.39, 0.29) is 5.91 Å². The standard InChI is InChI=1S/C20H19N3OS.C2H6/c24-20(21-15-6-2-1-3-7-15)17-14-19(23-10-12-25-13-11-23)22-18-9-5-4-8-16(17)18;1-2/h1-9,14H,10-13H2,(H,21,24);1-2H3. The molecular weight excluding hydrogens is 354 g/mol. The fourth-order valence-electron chi connectivity index (χ4n) is 3.02. The van der Waals surface area contributed by atoms with Crippen LogP contribution >= 0.6 is 11.8 Å². The second-order valence-electron chi connectivity index (χ2n) is 5.96. The summed E-state index contributed by atoms with van der Waals surface area (Å²) in [5, 5.41) is 3.87. The quantitative estimate of drug-likeness (QED) is 0.690. The van der Waals surface area contributed by atoms with Gasteiger partial charge in [-0.3, -0.25) is 4.79 Å². The number of anilines is 2. The average molecular weight is 380 g/mol. The maximum absolute atomic E-state index is 12.9. The van der Waals surface area contributed by atoms with Gasteiger partial charge in [0.05, 0.1) is 11.1 Å². The second kappa shape index (κ2) is 9.42. The number of aromatic nitrogens is 1.